The molecule has 176 valence electrons. The van der Waals surface area contributed by atoms with Crippen molar-refractivity contribution in [3.8, 4) is 17.0 Å². The molecule has 1 amide bonds. The maximum absolute atomic E-state index is 13.7. The first kappa shape index (κ1) is 23.0. The summed E-state index contributed by atoms with van der Waals surface area (Å²) in [6.07, 6.45) is 0. The Hall–Kier alpha value is -4.77. The van der Waals surface area contributed by atoms with Crippen LogP contribution in [-0.2, 0) is 0 Å². The standard InChI is InChI=1S/C31H24N2O3/c1-2-36-29-19-11-8-15-23(29)28-20-25(22-14-6-9-17-26(22)32-28)31(35)33-27-18-10-7-16-24(27)30(34)21-12-4-3-5-13-21/h3-20H,2H2,1H3,(H,33,35). The maximum Gasteiger partial charge on any atom is 0.256 e. The predicted octanol–water partition coefficient (Wildman–Crippen LogP) is 6.78. The van der Waals surface area contributed by atoms with Crippen molar-refractivity contribution in [2.45, 2.75) is 6.92 Å². The molecule has 0 saturated heterocycles. The summed E-state index contributed by atoms with van der Waals surface area (Å²) in [5.74, 6) is 0.224. The monoisotopic (exact) mass is 472 g/mol. The number of hydrogen-bond acceptors (Lipinski definition) is 4. The Bertz CT molecular complexity index is 1560. The Morgan fingerprint density at radius 3 is 2.31 bits per heavy atom. The molecule has 5 aromatic rings. The molecule has 0 aliphatic carbocycles. The van der Waals surface area contributed by atoms with E-state index in [1.165, 1.54) is 0 Å². The van der Waals surface area contributed by atoms with Crippen molar-refractivity contribution < 1.29 is 14.3 Å². The number of nitrogens with zero attached hydrogens (tertiary/aromatic N) is 1. The third-order valence-electron chi connectivity index (χ3n) is 5.88. The summed E-state index contributed by atoms with van der Waals surface area (Å²) in [7, 11) is 0. The molecule has 0 aliphatic heterocycles. The molecule has 0 bridgehead atoms. The molecule has 0 unspecified atom stereocenters. The third kappa shape index (κ3) is 4.59. The van der Waals surface area contributed by atoms with E-state index in [-0.39, 0.29) is 11.7 Å². The van der Waals surface area contributed by atoms with Gasteiger partial charge in [-0.2, -0.15) is 0 Å². The van der Waals surface area contributed by atoms with E-state index in [9.17, 15) is 9.59 Å². The van der Waals surface area contributed by atoms with Gasteiger partial charge in [-0.05, 0) is 43.3 Å². The van der Waals surface area contributed by atoms with Gasteiger partial charge in [-0.3, -0.25) is 9.59 Å². The summed E-state index contributed by atoms with van der Waals surface area (Å²) in [6, 6.07) is 33.0. The predicted molar refractivity (Wildman–Crippen MR) is 143 cm³/mol. The SMILES string of the molecule is CCOc1ccccc1-c1cc(C(=O)Nc2ccccc2C(=O)c2ccccc2)c2ccccc2n1. The number of amides is 1. The lowest BCUT2D eigenvalue weighted by Gasteiger charge is -2.14. The van der Waals surface area contributed by atoms with Crippen LogP contribution < -0.4 is 10.1 Å². The summed E-state index contributed by atoms with van der Waals surface area (Å²) in [4.78, 5) is 31.6. The fourth-order valence-electron chi connectivity index (χ4n) is 4.19. The van der Waals surface area contributed by atoms with Gasteiger partial charge >= 0.3 is 0 Å². The zero-order valence-electron chi connectivity index (χ0n) is 19.8. The Balaban J connectivity index is 1.57. The smallest absolute Gasteiger partial charge is 0.256 e. The van der Waals surface area contributed by atoms with E-state index in [1.54, 1.807) is 42.5 Å². The van der Waals surface area contributed by atoms with Crippen LogP contribution in [0.25, 0.3) is 22.2 Å². The average Bonchev–Trinajstić information content (AvgIpc) is 2.93. The van der Waals surface area contributed by atoms with Gasteiger partial charge in [-0.15, -0.1) is 0 Å². The number of carbonyl (C=O) groups is 2. The minimum absolute atomic E-state index is 0.155. The van der Waals surface area contributed by atoms with Crippen molar-refractivity contribution in [1.82, 2.24) is 4.98 Å². The molecule has 0 radical (unpaired) electrons. The number of carbonyl (C=O) groups excluding carboxylic acids is 2. The molecule has 1 aromatic heterocycles. The van der Waals surface area contributed by atoms with Gasteiger partial charge < -0.3 is 10.1 Å². The first-order chi connectivity index (χ1) is 17.7. The van der Waals surface area contributed by atoms with Crippen LogP contribution in [0.4, 0.5) is 5.69 Å². The van der Waals surface area contributed by atoms with Gasteiger partial charge in [0.2, 0.25) is 0 Å². The number of benzene rings is 4. The van der Waals surface area contributed by atoms with Crippen LogP contribution >= 0.6 is 0 Å². The van der Waals surface area contributed by atoms with Crippen molar-refractivity contribution in [3.63, 3.8) is 0 Å². The number of para-hydroxylation sites is 3. The normalized spacial score (nSPS) is 10.7. The third-order valence-corrected chi connectivity index (χ3v) is 5.88. The van der Waals surface area contributed by atoms with Gasteiger partial charge in [-0.1, -0.05) is 72.8 Å². The topological polar surface area (TPSA) is 68.3 Å². The van der Waals surface area contributed by atoms with Crippen molar-refractivity contribution >= 4 is 28.3 Å². The number of ether oxygens (including phenoxy) is 1. The highest BCUT2D eigenvalue weighted by atomic mass is 16.5. The summed E-state index contributed by atoms with van der Waals surface area (Å²) in [5, 5.41) is 3.69. The Kier molecular flexibility index (Phi) is 6.54. The van der Waals surface area contributed by atoms with Gasteiger partial charge in [0.1, 0.15) is 5.75 Å². The number of ketones is 1. The zero-order chi connectivity index (χ0) is 24.9. The van der Waals surface area contributed by atoms with Crippen LogP contribution in [-0.4, -0.2) is 23.3 Å². The first-order valence-electron chi connectivity index (χ1n) is 11.8. The van der Waals surface area contributed by atoms with E-state index in [2.05, 4.69) is 5.32 Å². The average molecular weight is 473 g/mol. The van der Waals surface area contributed by atoms with Crippen LogP contribution in [0.15, 0.2) is 109 Å². The zero-order valence-corrected chi connectivity index (χ0v) is 19.8. The molecular formula is C31H24N2O3. The largest absolute Gasteiger partial charge is 0.493 e. The van der Waals surface area contributed by atoms with Gasteiger partial charge in [0, 0.05) is 22.1 Å². The van der Waals surface area contributed by atoms with E-state index >= 15 is 0 Å². The van der Waals surface area contributed by atoms with Gasteiger partial charge in [-0.25, -0.2) is 4.98 Å². The second kappa shape index (κ2) is 10.2. The minimum Gasteiger partial charge on any atom is -0.493 e. The molecule has 0 saturated carbocycles. The lowest BCUT2D eigenvalue weighted by atomic mass is 10.0. The molecule has 1 heterocycles. The Morgan fingerprint density at radius 2 is 1.47 bits per heavy atom. The number of anilines is 1. The van der Waals surface area contributed by atoms with Crippen molar-refractivity contribution in [3.05, 3.63) is 126 Å². The Labute approximate surface area is 209 Å². The molecule has 5 nitrogen and oxygen atoms in total. The maximum atomic E-state index is 13.7. The summed E-state index contributed by atoms with van der Waals surface area (Å²) >= 11 is 0. The molecule has 0 aliphatic rings. The van der Waals surface area contributed by atoms with Gasteiger partial charge in [0.25, 0.3) is 5.91 Å². The van der Waals surface area contributed by atoms with E-state index < -0.39 is 0 Å². The molecule has 5 rings (SSSR count). The van der Waals surface area contributed by atoms with Crippen LogP contribution in [0.5, 0.6) is 5.75 Å². The van der Waals surface area contributed by atoms with E-state index in [0.717, 1.165) is 10.9 Å². The number of aromatic nitrogens is 1. The lowest BCUT2D eigenvalue weighted by molar-refractivity contribution is 0.102. The molecule has 0 fully saturated rings. The van der Waals surface area contributed by atoms with Crippen LogP contribution in [0.1, 0.15) is 33.2 Å². The number of rotatable bonds is 7. The second-order valence-corrected chi connectivity index (χ2v) is 8.20. The lowest BCUT2D eigenvalue weighted by Crippen LogP contribution is -2.16. The number of hydrogen-bond donors (Lipinski definition) is 1. The second-order valence-electron chi connectivity index (χ2n) is 8.20. The van der Waals surface area contributed by atoms with E-state index in [0.29, 0.717) is 45.9 Å². The van der Waals surface area contributed by atoms with Crippen LogP contribution in [0, 0.1) is 0 Å². The highest BCUT2D eigenvalue weighted by Gasteiger charge is 2.19. The quantitative estimate of drug-likeness (QED) is 0.265. The highest BCUT2D eigenvalue weighted by molar-refractivity contribution is 6.17. The molecule has 0 atom stereocenters. The van der Waals surface area contributed by atoms with Gasteiger partial charge in [0.05, 0.1) is 29.1 Å². The molecule has 4 aromatic carbocycles. The number of nitrogens with one attached hydrogen (secondary N) is 1. The van der Waals surface area contributed by atoms with Crippen molar-refractivity contribution in [1.29, 1.82) is 0 Å². The summed E-state index contributed by atoms with van der Waals surface area (Å²) in [6.45, 7) is 2.45. The summed E-state index contributed by atoms with van der Waals surface area (Å²) < 4.78 is 5.81. The van der Waals surface area contributed by atoms with E-state index in [1.807, 2.05) is 73.7 Å². The molecule has 36 heavy (non-hydrogen) atoms. The van der Waals surface area contributed by atoms with Crippen molar-refractivity contribution in [2.75, 3.05) is 11.9 Å². The minimum atomic E-state index is -0.322. The molecule has 5 heteroatoms. The fraction of sp³-hybridized carbons (Fsp3) is 0.0645. The van der Waals surface area contributed by atoms with E-state index in [4.69, 9.17) is 9.72 Å². The van der Waals surface area contributed by atoms with Crippen LogP contribution in [0.2, 0.25) is 0 Å². The molecule has 1 N–H and O–H groups in total. The fourth-order valence-corrected chi connectivity index (χ4v) is 4.19. The first-order valence-corrected chi connectivity index (χ1v) is 11.8. The number of fused-ring (bicyclic) bond motifs is 1. The highest BCUT2D eigenvalue weighted by Crippen LogP contribution is 2.32. The molecule has 0 spiro atoms. The summed E-state index contributed by atoms with van der Waals surface area (Å²) in [5.41, 5.74) is 4.04. The van der Waals surface area contributed by atoms with Crippen LogP contribution in [0.3, 0.4) is 0 Å². The van der Waals surface area contributed by atoms with Gasteiger partial charge in [0.15, 0.2) is 5.78 Å². The molecular weight excluding hydrogens is 448 g/mol. The van der Waals surface area contributed by atoms with Crippen molar-refractivity contribution in [2.24, 2.45) is 0 Å². The number of pyridine rings is 1. The Morgan fingerprint density at radius 1 is 0.778 bits per heavy atom.